The van der Waals surface area contributed by atoms with Crippen LogP contribution in [-0.4, -0.2) is 9.97 Å². The van der Waals surface area contributed by atoms with E-state index >= 15 is 0 Å². The number of benzene rings is 3. The zero-order valence-corrected chi connectivity index (χ0v) is 12.9. The molecule has 0 aliphatic rings. The lowest BCUT2D eigenvalue weighted by Gasteiger charge is -2.06. The molecule has 4 heteroatoms. The smallest absolute Gasteiger partial charge is 0.138 e. The van der Waals surface area contributed by atoms with Gasteiger partial charge in [0.2, 0.25) is 0 Å². The highest BCUT2D eigenvalue weighted by molar-refractivity contribution is 5.79. The first-order valence-electron chi connectivity index (χ1n) is 7.70. The second-order valence-electron chi connectivity index (χ2n) is 5.54. The highest BCUT2D eigenvalue weighted by atomic mass is 19.1. The second kappa shape index (κ2) is 6.16. The van der Waals surface area contributed by atoms with Crippen molar-refractivity contribution in [2.75, 3.05) is 0 Å². The van der Waals surface area contributed by atoms with Gasteiger partial charge in [-0.1, -0.05) is 36.4 Å². The van der Waals surface area contributed by atoms with E-state index in [9.17, 15) is 4.39 Å². The van der Waals surface area contributed by atoms with Gasteiger partial charge in [-0.2, -0.15) is 0 Å². The number of para-hydroxylation sites is 2. The zero-order chi connectivity index (χ0) is 16.4. The van der Waals surface area contributed by atoms with E-state index in [1.54, 1.807) is 12.1 Å². The number of nitrogens with zero attached hydrogens (tertiary/aromatic N) is 1. The van der Waals surface area contributed by atoms with Gasteiger partial charge in [-0.15, -0.1) is 0 Å². The predicted octanol–water partition coefficient (Wildman–Crippen LogP) is 4.95. The summed E-state index contributed by atoms with van der Waals surface area (Å²) in [7, 11) is 0. The number of imidazole rings is 1. The van der Waals surface area contributed by atoms with Gasteiger partial charge in [-0.3, -0.25) is 0 Å². The predicted molar refractivity (Wildman–Crippen MR) is 92.3 cm³/mol. The van der Waals surface area contributed by atoms with Crippen molar-refractivity contribution in [2.45, 2.75) is 6.61 Å². The molecule has 1 N–H and O–H groups in total. The van der Waals surface area contributed by atoms with Gasteiger partial charge in [0.05, 0.1) is 11.0 Å². The van der Waals surface area contributed by atoms with E-state index < -0.39 is 0 Å². The molecule has 0 fully saturated rings. The SMILES string of the molecule is Fc1ccc(OCc2ccc(-c3nc4ccccc4[nH]3)cc2)cc1. The quantitative estimate of drug-likeness (QED) is 0.578. The van der Waals surface area contributed by atoms with Gasteiger partial charge >= 0.3 is 0 Å². The molecule has 0 radical (unpaired) electrons. The van der Waals surface area contributed by atoms with Crippen molar-refractivity contribution in [1.82, 2.24) is 9.97 Å². The third kappa shape index (κ3) is 2.99. The Morgan fingerprint density at radius 2 is 1.62 bits per heavy atom. The molecule has 3 aromatic carbocycles. The van der Waals surface area contributed by atoms with Gasteiger partial charge in [-0.05, 0) is 42.0 Å². The average Bonchev–Trinajstić information content (AvgIpc) is 3.06. The minimum Gasteiger partial charge on any atom is -0.489 e. The molecule has 0 spiro atoms. The summed E-state index contributed by atoms with van der Waals surface area (Å²) >= 11 is 0. The first-order valence-corrected chi connectivity index (χ1v) is 7.70. The van der Waals surface area contributed by atoms with Gasteiger partial charge in [0.25, 0.3) is 0 Å². The lowest BCUT2D eigenvalue weighted by Crippen LogP contribution is -1.95. The van der Waals surface area contributed by atoms with Crippen molar-refractivity contribution >= 4 is 11.0 Å². The molecular formula is C20H15FN2O. The Bertz CT molecular complexity index is 926. The topological polar surface area (TPSA) is 37.9 Å². The highest BCUT2D eigenvalue weighted by Crippen LogP contribution is 2.21. The fourth-order valence-electron chi connectivity index (χ4n) is 2.55. The first-order chi connectivity index (χ1) is 11.8. The maximum Gasteiger partial charge on any atom is 0.138 e. The Morgan fingerprint density at radius 1 is 0.875 bits per heavy atom. The Labute approximate surface area is 138 Å². The summed E-state index contributed by atoms with van der Waals surface area (Å²) in [6, 6.07) is 22.0. The zero-order valence-electron chi connectivity index (χ0n) is 12.9. The molecule has 0 unspecified atom stereocenters. The number of rotatable bonds is 4. The number of aromatic amines is 1. The Kier molecular flexibility index (Phi) is 3.71. The molecule has 24 heavy (non-hydrogen) atoms. The molecule has 0 amide bonds. The monoisotopic (exact) mass is 318 g/mol. The molecule has 4 rings (SSSR count). The lowest BCUT2D eigenvalue weighted by molar-refractivity contribution is 0.306. The van der Waals surface area contributed by atoms with Gasteiger partial charge < -0.3 is 9.72 Å². The van der Waals surface area contributed by atoms with Gasteiger partial charge in [0.15, 0.2) is 0 Å². The van der Waals surface area contributed by atoms with Crippen LogP contribution in [0.2, 0.25) is 0 Å². The van der Waals surface area contributed by atoms with Gasteiger partial charge in [0.1, 0.15) is 24.0 Å². The van der Waals surface area contributed by atoms with E-state index in [2.05, 4.69) is 9.97 Å². The van der Waals surface area contributed by atoms with Crippen LogP contribution < -0.4 is 4.74 Å². The number of H-pyrrole nitrogens is 1. The number of halogens is 1. The summed E-state index contributed by atoms with van der Waals surface area (Å²) in [6.07, 6.45) is 0. The summed E-state index contributed by atoms with van der Waals surface area (Å²) in [5.74, 6) is 1.23. The minimum atomic E-state index is -0.266. The van der Waals surface area contributed by atoms with Crippen molar-refractivity contribution in [3.63, 3.8) is 0 Å². The summed E-state index contributed by atoms with van der Waals surface area (Å²) in [4.78, 5) is 7.91. The number of ether oxygens (including phenoxy) is 1. The van der Waals surface area contributed by atoms with Crippen LogP contribution in [0.1, 0.15) is 5.56 Å². The highest BCUT2D eigenvalue weighted by Gasteiger charge is 2.05. The average molecular weight is 318 g/mol. The van der Waals surface area contributed by atoms with Crippen LogP contribution in [0.15, 0.2) is 72.8 Å². The molecule has 3 nitrogen and oxygen atoms in total. The van der Waals surface area contributed by atoms with Crippen LogP contribution in [0.5, 0.6) is 5.75 Å². The molecular weight excluding hydrogens is 303 g/mol. The maximum atomic E-state index is 12.9. The largest absolute Gasteiger partial charge is 0.489 e. The third-order valence-corrected chi connectivity index (χ3v) is 3.84. The van der Waals surface area contributed by atoms with Crippen LogP contribution in [0.25, 0.3) is 22.4 Å². The molecule has 0 saturated heterocycles. The van der Waals surface area contributed by atoms with E-state index in [1.165, 1.54) is 12.1 Å². The second-order valence-corrected chi connectivity index (χ2v) is 5.54. The molecule has 1 aromatic heterocycles. The van der Waals surface area contributed by atoms with Crippen LogP contribution in [0.3, 0.4) is 0 Å². The molecule has 0 aliphatic heterocycles. The van der Waals surface area contributed by atoms with Crippen molar-refractivity contribution in [2.24, 2.45) is 0 Å². The summed E-state index contributed by atoms with van der Waals surface area (Å²) in [6.45, 7) is 0.437. The molecule has 118 valence electrons. The Balaban J connectivity index is 1.48. The van der Waals surface area contributed by atoms with E-state index in [1.807, 2.05) is 48.5 Å². The number of aromatic nitrogens is 2. The maximum absolute atomic E-state index is 12.9. The fraction of sp³-hybridized carbons (Fsp3) is 0.0500. The summed E-state index contributed by atoms with van der Waals surface area (Å²) < 4.78 is 18.5. The molecule has 0 atom stereocenters. The first kappa shape index (κ1) is 14.5. The molecule has 0 aliphatic carbocycles. The number of fused-ring (bicyclic) bond motifs is 1. The Hall–Kier alpha value is -3.14. The molecule has 0 bridgehead atoms. The standard InChI is InChI=1S/C20H15FN2O/c21-16-9-11-17(12-10-16)24-13-14-5-7-15(8-6-14)20-22-18-3-1-2-4-19(18)23-20/h1-12H,13H2,(H,22,23). The fourth-order valence-corrected chi connectivity index (χ4v) is 2.55. The van der Waals surface area contributed by atoms with Gasteiger partial charge in [-0.25, -0.2) is 9.37 Å². The number of hydrogen-bond donors (Lipinski definition) is 1. The van der Waals surface area contributed by atoms with Gasteiger partial charge in [0, 0.05) is 5.56 Å². The van der Waals surface area contributed by atoms with Crippen LogP contribution in [0.4, 0.5) is 4.39 Å². The Morgan fingerprint density at radius 3 is 2.38 bits per heavy atom. The summed E-state index contributed by atoms with van der Waals surface area (Å²) in [5.41, 5.74) is 4.04. The van der Waals surface area contributed by atoms with Crippen LogP contribution >= 0.6 is 0 Å². The minimum absolute atomic E-state index is 0.266. The van der Waals surface area contributed by atoms with E-state index in [4.69, 9.17) is 4.74 Å². The number of nitrogens with one attached hydrogen (secondary N) is 1. The normalized spacial score (nSPS) is 10.9. The van der Waals surface area contributed by atoms with E-state index in [0.717, 1.165) is 28.0 Å². The van der Waals surface area contributed by atoms with Crippen molar-refractivity contribution in [3.05, 3.63) is 84.2 Å². The van der Waals surface area contributed by atoms with Crippen molar-refractivity contribution < 1.29 is 9.13 Å². The lowest BCUT2D eigenvalue weighted by atomic mass is 10.1. The van der Waals surface area contributed by atoms with Crippen molar-refractivity contribution in [1.29, 1.82) is 0 Å². The van der Waals surface area contributed by atoms with Crippen molar-refractivity contribution in [3.8, 4) is 17.1 Å². The van der Waals surface area contributed by atoms with E-state index in [-0.39, 0.29) is 5.82 Å². The molecule has 1 heterocycles. The van der Waals surface area contributed by atoms with E-state index in [0.29, 0.717) is 12.4 Å². The van der Waals surface area contributed by atoms with Crippen LogP contribution in [0, 0.1) is 5.82 Å². The molecule has 4 aromatic rings. The molecule has 0 saturated carbocycles. The third-order valence-electron chi connectivity index (χ3n) is 3.84. The van der Waals surface area contributed by atoms with Crippen LogP contribution in [-0.2, 0) is 6.61 Å². The number of hydrogen-bond acceptors (Lipinski definition) is 2. The summed E-state index contributed by atoms with van der Waals surface area (Å²) in [5, 5.41) is 0.